The molecule has 0 saturated heterocycles. The molecule has 0 bridgehead atoms. The average Bonchev–Trinajstić information content (AvgIpc) is 2.34. The van der Waals surface area contributed by atoms with Gasteiger partial charge in [-0.1, -0.05) is 0 Å². The fourth-order valence-electron chi connectivity index (χ4n) is 1.45. The van der Waals surface area contributed by atoms with Crippen LogP contribution in [-0.2, 0) is 23.9 Å². The van der Waals surface area contributed by atoms with Crippen molar-refractivity contribution in [2.45, 2.75) is 12.5 Å². The molecule has 0 saturated carbocycles. The Morgan fingerprint density at radius 2 is 2.06 bits per heavy atom. The van der Waals surface area contributed by atoms with Gasteiger partial charge in [0.2, 0.25) is 0 Å². The van der Waals surface area contributed by atoms with Crippen molar-refractivity contribution in [3.8, 4) is 0 Å². The van der Waals surface area contributed by atoms with E-state index in [9.17, 15) is 14.4 Å². The highest BCUT2D eigenvalue weighted by Crippen LogP contribution is 2.16. The number of hydrogen-bond donors (Lipinski definition) is 2. The second kappa shape index (κ2) is 5.44. The average molecular weight is 242 g/mol. The smallest absolute Gasteiger partial charge is 0.354 e. The maximum absolute atomic E-state index is 11.8. The fraction of sp³-hybridized carbons (Fsp3) is 0.500. The van der Waals surface area contributed by atoms with Gasteiger partial charge in [-0.3, -0.25) is 9.59 Å². The van der Waals surface area contributed by atoms with Crippen molar-refractivity contribution in [2.24, 2.45) is 5.73 Å². The summed E-state index contributed by atoms with van der Waals surface area (Å²) in [5, 5.41) is 2.68. The molecule has 17 heavy (non-hydrogen) atoms. The quantitative estimate of drug-likeness (QED) is 0.578. The molecular formula is C10H14N2O5. The second-order valence-electron chi connectivity index (χ2n) is 3.45. The zero-order valence-electron chi connectivity index (χ0n) is 9.61. The van der Waals surface area contributed by atoms with E-state index in [2.05, 4.69) is 14.8 Å². The van der Waals surface area contributed by atoms with Crippen molar-refractivity contribution in [1.82, 2.24) is 5.32 Å². The van der Waals surface area contributed by atoms with Gasteiger partial charge in [-0.05, 0) is 0 Å². The van der Waals surface area contributed by atoms with Crippen LogP contribution in [0, 0.1) is 0 Å². The van der Waals surface area contributed by atoms with E-state index in [1.54, 1.807) is 0 Å². The molecule has 0 amide bonds. The first kappa shape index (κ1) is 13.2. The van der Waals surface area contributed by atoms with Gasteiger partial charge in [0.1, 0.15) is 5.70 Å². The van der Waals surface area contributed by atoms with Gasteiger partial charge in [-0.2, -0.15) is 0 Å². The third-order valence-corrected chi connectivity index (χ3v) is 2.37. The van der Waals surface area contributed by atoms with E-state index in [-0.39, 0.29) is 24.2 Å². The van der Waals surface area contributed by atoms with Crippen LogP contribution in [0.4, 0.5) is 0 Å². The molecular weight excluding hydrogens is 228 g/mol. The molecule has 1 aliphatic heterocycles. The molecule has 1 heterocycles. The standard InChI is InChI=1S/C10H14N2O5/c1-16-7(13)3-5-8(10(15)17-2)12-4-6(11)9(5)14/h6,12H,3-4,11H2,1-2H3. The molecule has 1 aliphatic rings. The number of nitrogens with two attached hydrogens (primary N) is 1. The van der Waals surface area contributed by atoms with Gasteiger partial charge in [0, 0.05) is 12.1 Å². The van der Waals surface area contributed by atoms with E-state index >= 15 is 0 Å². The lowest BCUT2D eigenvalue weighted by atomic mass is 9.96. The van der Waals surface area contributed by atoms with Crippen molar-refractivity contribution in [3.05, 3.63) is 11.3 Å². The summed E-state index contributed by atoms with van der Waals surface area (Å²) in [5.74, 6) is -1.77. The Morgan fingerprint density at radius 3 is 2.59 bits per heavy atom. The van der Waals surface area contributed by atoms with Crippen LogP contribution in [0.25, 0.3) is 0 Å². The van der Waals surface area contributed by atoms with Gasteiger partial charge in [0.15, 0.2) is 5.78 Å². The fourth-order valence-corrected chi connectivity index (χ4v) is 1.45. The Balaban J connectivity index is 3.07. The van der Waals surface area contributed by atoms with Crippen LogP contribution >= 0.6 is 0 Å². The van der Waals surface area contributed by atoms with E-state index in [0.717, 1.165) is 0 Å². The van der Waals surface area contributed by atoms with Gasteiger partial charge >= 0.3 is 11.9 Å². The van der Waals surface area contributed by atoms with Crippen LogP contribution < -0.4 is 11.1 Å². The summed E-state index contributed by atoms with van der Waals surface area (Å²) in [6.45, 7) is 0.133. The molecule has 0 aromatic carbocycles. The van der Waals surface area contributed by atoms with Crippen LogP contribution in [0.15, 0.2) is 11.3 Å². The normalized spacial score (nSPS) is 19.7. The molecule has 0 aliphatic carbocycles. The molecule has 0 aromatic rings. The Morgan fingerprint density at radius 1 is 1.41 bits per heavy atom. The third kappa shape index (κ3) is 2.82. The molecule has 0 aromatic heterocycles. The highest BCUT2D eigenvalue weighted by atomic mass is 16.5. The van der Waals surface area contributed by atoms with Crippen molar-refractivity contribution in [3.63, 3.8) is 0 Å². The highest BCUT2D eigenvalue weighted by Gasteiger charge is 2.32. The van der Waals surface area contributed by atoms with E-state index in [1.807, 2.05) is 0 Å². The zero-order valence-corrected chi connectivity index (χ0v) is 9.61. The number of methoxy groups -OCH3 is 2. The van der Waals surface area contributed by atoms with Gasteiger partial charge in [0.05, 0.1) is 26.7 Å². The van der Waals surface area contributed by atoms with E-state index in [0.29, 0.717) is 0 Å². The molecule has 0 spiro atoms. The Hall–Kier alpha value is -1.89. The Kier molecular flexibility index (Phi) is 4.22. The minimum Gasteiger partial charge on any atom is -0.469 e. The number of hydrogen-bond acceptors (Lipinski definition) is 7. The first-order valence-corrected chi connectivity index (χ1v) is 4.93. The van der Waals surface area contributed by atoms with E-state index < -0.39 is 23.8 Å². The number of nitrogens with one attached hydrogen (secondary N) is 1. The lowest BCUT2D eigenvalue weighted by Gasteiger charge is -2.23. The number of ketones is 1. The summed E-state index contributed by atoms with van der Waals surface area (Å²) in [7, 11) is 2.38. The first-order chi connectivity index (χ1) is 8.01. The lowest BCUT2D eigenvalue weighted by molar-refractivity contribution is -0.140. The van der Waals surface area contributed by atoms with E-state index in [4.69, 9.17) is 5.73 Å². The molecule has 1 atom stereocenters. The number of carbonyl (C=O) groups is 3. The number of Topliss-reactive ketones (excluding diaryl/α,β-unsaturated/α-hetero) is 1. The second-order valence-corrected chi connectivity index (χ2v) is 3.45. The van der Waals surface area contributed by atoms with Crippen LogP contribution in [0.3, 0.4) is 0 Å². The Labute approximate surface area is 97.9 Å². The Bertz CT molecular complexity index is 388. The highest BCUT2D eigenvalue weighted by molar-refractivity contribution is 6.09. The number of ether oxygens (including phenoxy) is 2. The topological polar surface area (TPSA) is 108 Å². The van der Waals surface area contributed by atoms with Gasteiger partial charge in [-0.25, -0.2) is 4.79 Å². The van der Waals surface area contributed by atoms with Gasteiger partial charge < -0.3 is 20.5 Å². The van der Waals surface area contributed by atoms with Crippen LogP contribution in [0.5, 0.6) is 0 Å². The molecule has 94 valence electrons. The largest absolute Gasteiger partial charge is 0.469 e. The molecule has 7 nitrogen and oxygen atoms in total. The summed E-state index contributed by atoms with van der Waals surface area (Å²) in [5.41, 5.74) is 5.52. The molecule has 0 radical (unpaired) electrons. The minimum atomic E-state index is -0.775. The SMILES string of the molecule is COC(=O)CC1=C(C(=O)OC)NCC(N)C1=O. The monoisotopic (exact) mass is 242 g/mol. The molecule has 1 rings (SSSR count). The summed E-state index contributed by atoms with van der Waals surface area (Å²) in [4.78, 5) is 34.3. The zero-order chi connectivity index (χ0) is 13.0. The predicted molar refractivity (Wildman–Crippen MR) is 56.7 cm³/mol. The van der Waals surface area contributed by atoms with Crippen molar-refractivity contribution < 1.29 is 23.9 Å². The van der Waals surface area contributed by atoms with Gasteiger partial charge in [0.25, 0.3) is 0 Å². The van der Waals surface area contributed by atoms with Crippen molar-refractivity contribution in [1.29, 1.82) is 0 Å². The third-order valence-electron chi connectivity index (χ3n) is 2.37. The lowest BCUT2D eigenvalue weighted by Crippen LogP contribution is -2.48. The maximum Gasteiger partial charge on any atom is 0.354 e. The summed E-state index contributed by atoms with van der Waals surface area (Å²) in [6.07, 6.45) is -0.305. The molecule has 7 heteroatoms. The predicted octanol–water partition coefficient (Wildman–Crippen LogP) is -1.52. The van der Waals surface area contributed by atoms with Crippen molar-refractivity contribution in [2.75, 3.05) is 20.8 Å². The molecule has 0 fully saturated rings. The van der Waals surface area contributed by atoms with Crippen LogP contribution in [0.2, 0.25) is 0 Å². The number of rotatable bonds is 3. The van der Waals surface area contributed by atoms with Crippen molar-refractivity contribution >= 4 is 17.7 Å². The summed E-state index contributed by atoms with van der Waals surface area (Å²) < 4.78 is 8.97. The summed E-state index contributed by atoms with van der Waals surface area (Å²) in [6, 6.07) is -0.775. The summed E-state index contributed by atoms with van der Waals surface area (Å²) >= 11 is 0. The van der Waals surface area contributed by atoms with Gasteiger partial charge in [-0.15, -0.1) is 0 Å². The van der Waals surface area contributed by atoms with E-state index in [1.165, 1.54) is 14.2 Å². The minimum absolute atomic E-state index is 0.00227. The maximum atomic E-state index is 11.8. The van der Waals surface area contributed by atoms with Crippen LogP contribution in [0.1, 0.15) is 6.42 Å². The number of carbonyl (C=O) groups excluding carboxylic acids is 3. The first-order valence-electron chi connectivity index (χ1n) is 4.93. The van der Waals surface area contributed by atoms with Crippen LogP contribution in [-0.4, -0.2) is 44.5 Å². The molecule has 3 N–H and O–H groups in total. The number of esters is 2. The molecule has 1 unspecified atom stereocenters.